The fourth-order valence-corrected chi connectivity index (χ4v) is 3.49. The molecule has 1 aliphatic heterocycles. The number of hydrogen-bond acceptors (Lipinski definition) is 3. The lowest BCUT2D eigenvalue weighted by atomic mass is 9.78. The summed E-state index contributed by atoms with van der Waals surface area (Å²) in [6.07, 6.45) is 7.44. The summed E-state index contributed by atoms with van der Waals surface area (Å²) in [6, 6.07) is 2.19. The fraction of sp³-hybridized carbons (Fsp3) is 0.714. The molecule has 0 radical (unpaired) electrons. The summed E-state index contributed by atoms with van der Waals surface area (Å²) in [7, 11) is 0. The number of amides is 1. The molecule has 98 valence electrons. The van der Waals surface area contributed by atoms with Gasteiger partial charge >= 0.3 is 0 Å². The highest BCUT2D eigenvalue weighted by molar-refractivity contribution is 5.92. The number of likely N-dealkylation sites (tertiary alicyclic amines) is 1. The van der Waals surface area contributed by atoms with Gasteiger partial charge in [0.05, 0.1) is 0 Å². The van der Waals surface area contributed by atoms with Crippen molar-refractivity contribution in [1.29, 1.82) is 0 Å². The van der Waals surface area contributed by atoms with E-state index in [0.29, 0.717) is 23.4 Å². The standard InChI is InChI=1S/C14H20N2O2/c1-10-9-12(15-18-10)14(17)16-8-4-6-11-5-2-3-7-13(11)16/h9,11,13H,2-8H2,1H3. The van der Waals surface area contributed by atoms with Gasteiger partial charge in [0, 0.05) is 18.7 Å². The molecule has 0 bridgehead atoms. The molecule has 1 saturated carbocycles. The number of carbonyl (C=O) groups excluding carboxylic acids is 1. The van der Waals surface area contributed by atoms with Crippen molar-refractivity contribution >= 4 is 5.91 Å². The van der Waals surface area contributed by atoms with E-state index < -0.39 is 0 Å². The van der Waals surface area contributed by atoms with Crippen LogP contribution in [-0.2, 0) is 0 Å². The molecule has 2 fully saturated rings. The van der Waals surface area contributed by atoms with Crippen LogP contribution in [0.5, 0.6) is 0 Å². The fourth-order valence-electron chi connectivity index (χ4n) is 3.49. The smallest absolute Gasteiger partial charge is 0.276 e. The number of nitrogens with zero attached hydrogens (tertiary/aromatic N) is 2. The maximum atomic E-state index is 12.5. The molecule has 0 spiro atoms. The number of piperidine rings is 1. The molecule has 3 rings (SSSR count). The number of hydrogen-bond donors (Lipinski definition) is 0. The Hall–Kier alpha value is -1.32. The predicted octanol–water partition coefficient (Wildman–Crippen LogP) is 2.78. The molecular weight excluding hydrogens is 228 g/mol. The van der Waals surface area contributed by atoms with Crippen LogP contribution in [0.4, 0.5) is 0 Å². The van der Waals surface area contributed by atoms with Gasteiger partial charge in [0.25, 0.3) is 5.91 Å². The Morgan fingerprint density at radius 3 is 2.89 bits per heavy atom. The average molecular weight is 248 g/mol. The summed E-state index contributed by atoms with van der Waals surface area (Å²) < 4.78 is 5.01. The predicted molar refractivity (Wildman–Crippen MR) is 67.3 cm³/mol. The Kier molecular flexibility index (Phi) is 3.10. The van der Waals surface area contributed by atoms with Crippen molar-refractivity contribution in [2.24, 2.45) is 5.92 Å². The average Bonchev–Trinajstić information content (AvgIpc) is 2.84. The third kappa shape index (κ3) is 2.04. The maximum absolute atomic E-state index is 12.5. The molecule has 2 unspecified atom stereocenters. The number of fused-ring (bicyclic) bond motifs is 1. The van der Waals surface area contributed by atoms with Crippen LogP contribution >= 0.6 is 0 Å². The quantitative estimate of drug-likeness (QED) is 0.767. The van der Waals surface area contributed by atoms with Crippen molar-refractivity contribution in [2.75, 3.05) is 6.54 Å². The second kappa shape index (κ2) is 4.75. The first-order chi connectivity index (χ1) is 8.75. The van der Waals surface area contributed by atoms with E-state index in [2.05, 4.69) is 5.16 Å². The minimum atomic E-state index is 0.0588. The Labute approximate surface area is 107 Å². The van der Waals surface area contributed by atoms with Gasteiger partial charge in [-0.3, -0.25) is 4.79 Å². The number of rotatable bonds is 1. The van der Waals surface area contributed by atoms with Crippen LogP contribution in [0.1, 0.15) is 54.8 Å². The zero-order chi connectivity index (χ0) is 12.5. The molecule has 1 saturated heterocycles. The van der Waals surface area contributed by atoms with Gasteiger partial charge in [-0.1, -0.05) is 18.0 Å². The Bertz CT molecular complexity index is 439. The largest absolute Gasteiger partial charge is 0.361 e. The molecule has 1 amide bonds. The van der Waals surface area contributed by atoms with Crippen molar-refractivity contribution in [3.05, 3.63) is 17.5 Å². The topological polar surface area (TPSA) is 46.3 Å². The lowest BCUT2D eigenvalue weighted by Gasteiger charge is -2.43. The molecule has 18 heavy (non-hydrogen) atoms. The van der Waals surface area contributed by atoms with Crippen LogP contribution in [0.2, 0.25) is 0 Å². The van der Waals surface area contributed by atoms with Crippen LogP contribution in [0.15, 0.2) is 10.6 Å². The molecule has 2 atom stereocenters. The van der Waals surface area contributed by atoms with E-state index in [1.165, 1.54) is 25.7 Å². The van der Waals surface area contributed by atoms with Crippen LogP contribution in [-0.4, -0.2) is 28.6 Å². The highest BCUT2D eigenvalue weighted by Gasteiger charge is 2.36. The van der Waals surface area contributed by atoms with Crippen LogP contribution < -0.4 is 0 Å². The summed E-state index contributed by atoms with van der Waals surface area (Å²) in [5.74, 6) is 1.48. The summed E-state index contributed by atoms with van der Waals surface area (Å²) in [6.45, 7) is 2.70. The molecule has 2 heterocycles. The van der Waals surface area contributed by atoms with E-state index in [4.69, 9.17) is 4.52 Å². The summed E-state index contributed by atoms with van der Waals surface area (Å²) in [4.78, 5) is 14.5. The lowest BCUT2D eigenvalue weighted by Crippen LogP contribution is -2.49. The highest BCUT2D eigenvalue weighted by Crippen LogP contribution is 2.35. The summed E-state index contributed by atoms with van der Waals surface area (Å²) in [5.41, 5.74) is 0.471. The van der Waals surface area contributed by atoms with Crippen molar-refractivity contribution in [3.8, 4) is 0 Å². The van der Waals surface area contributed by atoms with Gasteiger partial charge < -0.3 is 9.42 Å². The van der Waals surface area contributed by atoms with Crippen molar-refractivity contribution in [2.45, 2.75) is 51.5 Å². The molecule has 0 N–H and O–H groups in total. The van der Waals surface area contributed by atoms with E-state index in [-0.39, 0.29) is 5.91 Å². The van der Waals surface area contributed by atoms with E-state index in [1.54, 1.807) is 6.07 Å². The van der Waals surface area contributed by atoms with Gasteiger partial charge in [0.2, 0.25) is 0 Å². The van der Waals surface area contributed by atoms with E-state index >= 15 is 0 Å². The Balaban J connectivity index is 1.79. The molecule has 0 aromatic carbocycles. The second-order valence-electron chi connectivity index (χ2n) is 5.58. The molecule has 1 aliphatic carbocycles. The highest BCUT2D eigenvalue weighted by atomic mass is 16.5. The second-order valence-corrected chi connectivity index (χ2v) is 5.58. The first-order valence-corrected chi connectivity index (χ1v) is 7.00. The van der Waals surface area contributed by atoms with Crippen LogP contribution in [0.25, 0.3) is 0 Å². The summed E-state index contributed by atoms with van der Waals surface area (Å²) >= 11 is 0. The monoisotopic (exact) mass is 248 g/mol. The van der Waals surface area contributed by atoms with Crippen molar-refractivity contribution in [3.63, 3.8) is 0 Å². The molecule has 2 aliphatic rings. The molecule has 4 heteroatoms. The first-order valence-electron chi connectivity index (χ1n) is 7.00. The minimum Gasteiger partial charge on any atom is -0.361 e. The van der Waals surface area contributed by atoms with Gasteiger partial charge in [-0.2, -0.15) is 0 Å². The third-order valence-corrected chi connectivity index (χ3v) is 4.35. The van der Waals surface area contributed by atoms with Gasteiger partial charge in [0.15, 0.2) is 5.69 Å². The number of aromatic nitrogens is 1. The van der Waals surface area contributed by atoms with Gasteiger partial charge in [-0.05, 0) is 38.5 Å². The van der Waals surface area contributed by atoms with E-state index in [9.17, 15) is 4.79 Å². The first kappa shape index (κ1) is 11.8. The van der Waals surface area contributed by atoms with Crippen molar-refractivity contribution < 1.29 is 9.32 Å². The molecule has 1 aromatic rings. The third-order valence-electron chi connectivity index (χ3n) is 4.35. The van der Waals surface area contributed by atoms with Gasteiger partial charge in [-0.25, -0.2) is 0 Å². The summed E-state index contributed by atoms with van der Waals surface area (Å²) in [5, 5.41) is 3.86. The van der Waals surface area contributed by atoms with Crippen LogP contribution in [0, 0.1) is 12.8 Å². The zero-order valence-corrected chi connectivity index (χ0v) is 10.9. The molecule has 4 nitrogen and oxygen atoms in total. The maximum Gasteiger partial charge on any atom is 0.276 e. The number of aryl methyl sites for hydroxylation is 1. The molecule has 1 aromatic heterocycles. The normalized spacial score (nSPS) is 27.9. The van der Waals surface area contributed by atoms with E-state index in [1.807, 2.05) is 11.8 Å². The lowest BCUT2D eigenvalue weighted by molar-refractivity contribution is 0.0381. The SMILES string of the molecule is Cc1cc(C(=O)N2CCCC3CCCCC32)no1. The zero-order valence-electron chi connectivity index (χ0n) is 10.9. The van der Waals surface area contributed by atoms with Gasteiger partial charge in [0.1, 0.15) is 5.76 Å². The minimum absolute atomic E-state index is 0.0588. The van der Waals surface area contributed by atoms with E-state index in [0.717, 1.165) is 19.4 Å². The Morgan fingerprint density at radius 2 is 2.11 bits per heavy atom. The van der Waals surface area contributed by atoms with Crippen LogP contribution in [0.3, 0.4) is 0 Å². The number of carbonyl (C=O) groups is 1. The Morgan fingerprint density at radius 1 is 1.33 bits per heavy atom. The van der Waals surface area contributed by atoms with Crippen molar-refractivity contribution in [1.82, 2.24) is 10.1 Å². The molecular formula is C14H20N2O2. The van der Waals surface area contributed by atoms with Gasteiger partial charge in [-0.15, -0.1) is 0 Å².